The van der Waals surface area contributed by atoms with Crippen molar-refractivity contribution in [1.29, 1.82) is 0 Å². The fourth-order valence-electron chi connectivity index (χ4n) is 3.20. The Labute approximate surface area is 119 Å². The molecule has 0 saturated heterocycles. The van der Waals surface area contributed by atoms with Crippen molar-refractivity contribution in [2.75, 3.05) is 4.90 Å². The van der Waals surface area contributed by atoms with Gasteiger partial charge < -0.3 is 10.0 Å². The highest BCUT2D eigenvalue weighted by Gasteiger charge is 2.36. The molecule has 1 atom stereocenters. The molecule has 5 heteroatoms. The molecule has 2 aromatic rings. The van der Waals surface area contributed by atoms with Gasteiger partial charge in [0, 0.05) is 11.1 Å². The maximum Gasteiger partial charge on any atom is 0.231 e. The molecule has 1 unspecified atom stereocenters. The fraction of sp³-hybridized carbons (Fsp3) is 0.188. The van der Waals surface area contributed by atoms with E-state index in [-0.39, 0.29) is 24.4 Å². The van der Waals surface area contributed by atoms with Crippen LogP contribution in [0.5, 0.6) is 0 Å². The molecule has 2 aliphatic heterocycles. The van der Waals surface area contributed by atoms with E-state index in [2.05, 4.69) is 0 Å². The molecule has 0 radical (unpaired) electrons. The Morgan fingerprint density at radius 1 is 1.14 bits per heavy atom. The normalized spacial score (nSPS) is 19.3. The predicted octanol–water partition coefficient (Wildman–Crippen LogP) is 2.45. The Balaban J connectivity index is 2.03. The van der Waals surface area contributed by atoms with E-state index >= 15 is 0 Å². The van der Waals surface area contributed by atoms with Gasteiger partial charge in [-0.15, -0.1) is 0 Å². The largest absolute Gasteiger partial charge is 0.384 e. The van der Waals surface area contributed by atoms with Crippen LogP contribution in [0, 0.1) is 11.6 Å². The first-order valence-corrected chi connectivity index (χ1v) is 6.65. The summed E-state index contributed by atoms with van der Waals surface area (Å²) >= 11 is 0. The van der Waals surface area contributed by atoms with Gasteiger partial charge in [-0.05, 0) is 17.2 Å². The van der Waals surface area contributed by atoms with Gasteiger partial charge in [0.2, 0.25) is 5.91 Å². The average Bonchev–Trinajstić information content (AvgIpc) is 2.71. The zero-order valence-corrected chi connectivity index (χ0v) is 10.9. The number of benzene rings is 2. The van der Waals surface area contributed by atoms with Gasteiger partial charge in [0.25, 0.3) is 0 Å². The minimum absolute atomic E-state index is 0.0416. The van der Waals surface area contributed by atoms with Gasteiger partial charge in [-0.2, -0.15) is 0 Å². The first kappa shape index (κ1) is 12.5. The standard InChI is InChI=1S/C16H11F2NO2/c17-12-5-4-9-11(14(12)18)7-19-13(20)6-8-2-1-3-10(15(8)19)16(9)21/h1-5,16,21H,6-7H2. The summed E-state index contributed by atoms with van der Waals surface area (Å²) < 4.78 is 27.6. The molecule has 3 nitrogen and oxygen atoms in total. The number of carbonyl (C=O) groups excluding carboxylic acids is 1. The number of aliphatic hydroxyl groups is 1. The minimum atomic E-state index is -1.07. The van der Waals surface area contributed by atoms with Crippen molar-refractivity contribution in [3.8, 4) is 0 Å². The topological polar surface area (TPSA) is 40.5 Å². The smallest absolute Gasteiger partial charge is 0.231 e. The number of para-hydroxylation sites is 1. The number of nitrogens with zero attached hydrogens (tertiary/aromatic N) is 1. The highest BCUT2D eigenvalue weighted by Crippen LogP contribution is 2.43. The Morgan fingerprint density at radius 3 is 2.76 bits per heavy atom. The highest BCUT2D eigenvalue weighted by molar-refractivity contribution is 6.02. The van der Waals surface area contributed by atoms with Gasteiger partial charge in [0.1, 0.15) is 6.10 Å². The van der Waals surface area contributed by atoms with Crippen molar-refractivity contribution >= 4 is 11.6 Å². The molecule has 1 N–H and O–H groups in total. The lowest BCUT2D eigenvalue weighted by Gasteiger charge is -2.17. The molecule has 0 bridgehead atoms. The van der Waals surface area contributed by atoms with Crippen LogP contribution in [0.25, 0.3) is 0 Å². The van der Waals surface area contributed by atoms with Gasteiger partial charge >= 0.3 is 0 Å². The van der Waals surface area contributed by atoms with Crippen LogP contribution in [0.4, 0.5) is 14.5 Å². The molecule has 0 fully saturated rings. The Kier molecular flexibility index (Phi) is 2.44. The third-order valence-electron chi connectivity index (χ3n) is 4.20. The molecular weight excluding hydrogens is 276 g/mol. The summed E-state index contributed by atoms with van der Waals surface area (Å²) in [5, 5.41) is 10.5. The molecule has 0 aliphatic carbocycles. The summed E-state index contributed by atoms with van der Waals surface area (Å²) in [7, 11) is 0. The summed E-state index contributed by atoms with van der Waals surface area (Å²) in [6.45, 7) is -0.0567. The quantitative estimate of drug-likeness (QED) is 0.808. The maximum absolute atomic E-state index is 14.1. The van der Waals surface area contributed by atoms with Crippen molar-refractivity contribution < 1.29 is 18.7 Å². The molecule has 2 aromatic carbocycles. The number of carbonyl (C=O) groups is 1. The number of anilines is 1. The van der Waals surface area contributed by atoms with Crippen LogP contribution in [0.3, 0.4) is 0 Å². The van der Waals surface area contributed by atoms with E-state index in [9.17, 15) is 18.7 Å². The van der Waals surface area contributed by atoms with Gasteiger partial charge in [-0.25, -0.2) is 8.78 Å². The number of hydrogen-bond acceptors (Lipinski definition) is 2. The zero-order chi connectivity index (χ0) is 14.7. The predicted molar refractivity (Wildman–Crippen MR) is 71.8 cm³/mol. The monoisotopic (exact) mass is 287 g/mol. The molecule has 0 aromatic heterocycles. The molecular formula is C16H11F2NO2. The van der Waals surface area contributed by atoms with E-state index in [4.69, 9.17) is 0 Å². The molecule has 0 saturated carbocycles. The Morgan fingerprint density at radius 2 is 1.95 bits per heavy atom. The lowest BCUT2D eigenvalue weighted by atomic mass is 9.95. The molecule has 0 spiro atoms. The number of hydrogen-bond donors (Lipinski definition) is 1. The van der Waals surface area contributed by atoms with Gasteiger partial charge in [0.15, 0.2) is 11.6 Å². The van der Waals surface area contributed by atoms with Gasteiger partial charge in [0.05, 0.1) is 18.7 Å². The molecule has 106 valence electrons. The zero-order valence-electron chi connectivity index (χ0n) is 10.9. The van der Waals surface area contributed by atoms with Crippen LogP contribution in [0.1, 0.15) is 28.4 Å². The lowest BCUT2D eigenvalue weighted by Crippen LogP contribution is -2.26. The first-order chi connectivity index (χ1) is 10.1. The molecule has 1 amide bonds. The number of halogens is 2. The number of rotatable bonds is 0. The average molecular weight is 287 g/mol. The minimum Gasteiger partial charge on any atom is -0.384 e. The maximum atomic E-state index is 14.1. The van der Waals surface area contributed by atoms with Crippen LogP contribution < -0.4 is 4.90 Å². The van der Waals surface area contributed by atoms with Crippen molar-refractivity contribution in [3.63, 3.8) is 0 Å². The first-order valence-electron chi connectivity index (χ1n) is 6.65. The number of fused-ring (bicyclic) bond motifs is 1. The van der Waals surface area contributed by atoms with Crippen LogP contribution in [-0.4, -0.2) is 11.0 Å². The fourth-order valence-corrected chi connectivity index (χ4v) is 3.20. The van der Waals surface area contributed by atoms with Crippen molar-refractivity contribution in [1.82, 2.24) is 0 Å². The van der Waals surface area contributed by atoms with Crippen LogP contribution in [0.15, 0.2) is 30.3 Å². The second-order valence-electron chi connectivity index (χ2n) is 5.34. The molecule has 2 heterocycles. The van der Waals surface area contributed by atoms with Crippen LogP contribution in [0.2, 0.25) is 0 Å². The second-order valence-corrected chi connectivity index (χ2v) is 5.34. The summed E-state index contributed by atoms with van der Waals surface area (Å²) in [5.41, 5.74) is 2.35. The second kappa shape index (κ2) is 4.11. The molecule has 21 heavy (non-hydrogen) atoms. The van der Waals surface area contributed by atoms with Crippen LogP contribution >= 0.6 is 0 Å². The van der Waals surface area contributed by atoms with Crippen molar-refractivity contribution in [3.05, 3.63) is 64.2 Å². The Bertz CT molecular complexity index is 788. The summed E-state index contributed by atoms with van der Waals surface area (Å²) in [6, 6.07) is 7.68. The van der Waals surface area contributed by atoms with Gasteiger partial charge in [-0.3, -0.25) is 4.79 Å². The third-order valence-corrected chi connectivity index (χ3v) is 4.20. The Hall–Kier alpha value is -2.27. The van der Waals surface area contributed by atoms with E-state index in [1.54, 1.807) is 12.1 Å². The number of aliphatic hydroxyl groups excluding tert-OH is 1. The SMILES string of the molecule is O=C1Cc2cccc3c2N1Cc1c(ccc(F)c1F)C3O. The summed E-state index contributed by atoms with van der Waals surface area (Å²) in [4.78, 5) is 13.6. The lowest BCUT2D eigenvalue weighted by molar-refractivity contribution is -0.117. The van der Waals surface area contributed by atoms with Crippen molar-refractivity contribution in [2.24, 2.45) is 0 Å². The summed E-state index contributed by atoms with van der Waals surface area (Å²) in [5.74, 6) is -2.14. The highest BCUT2D eigenvalue weighted by atomic mass is 19.2. The molecule has 4 rings (SSSR count). The van der Waals surface area contributed by atoms with E-state index in [1.807, 2.05) is 6.07 Å². The number of amides is 1. The summed E-state index contributed by atoms with van der Waals surface area (Å²) in [6.07, 6.45) is -0.844. The van der Waals surface area contributed by atoms with E-state index < -0.39 is 17.7 Å². The molecule has 2 aliphatic rings. The third kappa shape index (κ3) is 1.58. The van der Waals surface area contributed by atoms with Crippen LogP contribution in [-0.2, 0) is 17.8 Å². The van der Waals surface area contributed by atoms with Crippen molar-refractivity contribution in [2.45, 2.75) is 19.1 Å². The van der Waals surface area contributed by atoms with E-state index in [0.717, 1.165) is 11.6 Å². The van der Waals surface area contributed by atoms with E-state index in [1.165, 1.54) is 11.0 Å². The van der Waals surface area contributed by atoms with Gasteiger partial charge in [-0.1, -0.05) is 24.3 Å². The van der Waals surface area contributed by atoms with E-state index in [0.29, 0.717) is 16.8 Å².